The third kappa shape index (κ3) is 4.15. The van der Waals surface area contributed by atoms with E-state index in [-0.39, 0.29) is 29.7 Å². The van der Waals surface area contributed by atoms with Gasteiger partial charge in [0.2, 0.25) is 5.91 Å². The van der Waals surface area contributed by atoms with Gasteiger partial charge < -0.3 is 14.7 Å². The van der Waals surface area contributed by atoms with Gasteiger partial charge in [0.15, 0.2) is 6.10 Å². The Balaban J connectivity index is 1.90. The van der Waals surface area contributed by atoms with Crippen LogP contribution in [0.4, 0.5) is 8.78 Å². The molecule has 0 radical (unpaired) electrons. The minimum Gasteiger partial charge on any atom is -0.479 e. The number of carbonyl (C=O) groups is 2. The van der Waals surface area contributed by atoms with Crippen LogP contribution in [0.1, 0.15) is 0 Å². The number of amides is 1. The van der Waals surface area contributed by atoms with Crippen molar-refractivity contribution in [1.82, 2.24) is 4.90 Å². The number of hydrogen-bond acceptors (Lipinski definition) is 4. The molecule has 21 heavy (non-hydrogen) atoms. The zero-order valence-electron chi connectivity index (χ0n) is 10.9. The van der Waals surface area contributed by atoms with E-state index in [1.54, 1.807) is 0 Å². The number of morpholine rings is 1. The molecule has 1 aliphatic rings. The van der Waals surface area contributed by atoms with Crippen molar-refractivity contribution in [3.8, 4) is 0 Å². The third-order valence-electron chi connectivity index (χ3n) is 2.94. The van der Waals surface area contributed by atoms with Crippen molar-refractivity contribution in [2.45, 2.75) is 11.0 Å². The predicted octanol–water partition coefficient (Wildman–Crippen LogP) is 1.37. The van der Waals surface area contributed by atoms with Gasteiger partial charge in [-0.2, -0.15) is 0 Å². The average Bonchev–Trinajstić information content (AvgIpc) is 2.46. The van der Waals surface area contributed by atoms with Gasteiger partial charge in [-0.3, -0.25) is 4.79 Å². The van der Waals surface area contributed by atoms with E-state index in [9.17, 15) is 18.4 Å². The van der Waals surface area contributed by atoms with Gasteiger partial charge in [0.25, 0.3) is 0 Å². The molecule has 1 amide bonds. The summed E-state index contributed by atoms with van der Waals surface area (Å²) in [6, 6.07) is 3.13. The first-order valence-electron chi connectivity index (χ1n) is 6.17. The molecule has 1 unspecified atom stereocenters. The lowest BCUT2D eigenvalue weighted by Crippen LogP contribution is -2.49. The second kappa shape index (κ2) is 6.86. The molecule has 1 atom stereocenters. The highest BCUT2D eigenvalue weighted by Gasteiger charge is 2.28. The third-order valence-corrected chi connectivity index (χ3v) is 3.97. The maximum Gasteiger partial charge on any atom is 0.334 e. The highest BCUT2D eigenvalue weighted by Crippen LogP contribution is 2.23. The molecule has 1 aliphatic heterocycles. The lowest BCUT2D eigenvalue weighted by atomic mass is 10.3. The fourth-order valence-electron chi connectivity index (χ4n) is 1.85. The Morgan fingerprint density at radius 3 is 2.86 bits per heavy atom. The minimum absolute atomic E-state index is 0.0272. The number of carboxylic acid groups (broad SMARTS) is 1. The van der Waals surface area contributed by atoms with Crippen LogP contribution in [-0.2, 0) is 14.3 Å². The van der Waals surface area contributed by atoms with E-state index >= 15 is 0 Å². The van der Waals surface area contributed by atoms with Crippen LogP contribution in [0.15, 0.2) is 23.1 Å². The van der Waals surface area contributed by atoms with Crippen LogP contribution < -0.4 is 0 Å². The number of rotatable bonds is 4. The number of aliphatic carboxylic acids is 1. The summed E-state index contributed by atoms with van der Waals surface area (Å²) >= 11 is 0.946. The summed E-state index contributed by atoms with van der Waals surface area (Å²) < 4.78 is 31.2. The van der Waals surface area contributed by atoms with Crippen molar-refractivity contribution in [3.05, 3.63) is 29.8 Å². The number of carboxylic acids is 1. The molecular formula is C13H13F2NO4S. The molecule has 1 heterocycles. The molecular weight excluding hydrogens is 304 g/mol. The van der Waals surface area contributed by atoms with Crippen molar-refractivity contribution in [3.63, 3.8) is 0 Å². The van der Waals surface area contributed by atoms with Crippen molar-refractivity contribution in [2.24, 2.45) is 0 Å². The highest BCUT2D eigenvalue weighted by atomic mass is 32.2. The Bertz CT molecular complexity index is 555. The van der Waals surface area contributed by atoms with Crippen LogP contribution in [0.25, 0.3) is 0 Å². The molecule has 1 aromatic carbocycles. The summed E-state index contributed by atoms with van der Waals surface area (Å²) in [5.41, 5.74) is 0. The Morgan fingerprint density at radius 1 is 1.43 bits per heavy atom. The normalized spacial score (nSPS) is 18.6. The van der Waals surface area contributed by atoms with Crippen molar-refractivity contribution in [2.75, 3.05) is 25.4 Å². The summed E-state index contributed by atoms with van der Waals surface area (Å²) in [6.07, 6.45) is -1.03. The molecule has 1 saturated heterocycles. The maximum absolute atomic E-state index is 13.4. The zero-order valence-corrected chi connectivity index (χ0v) is 11.7. The second-order valence-corrected chi connectivity index (χ2v) is 5.42. The molecule has 2 rings (SSSR count). The van der Waals surface area contributed by atoms with E-state index in [0.29, 0.717) is 6.54 Å². The molecule has 114 valence electrons. The molecule has 0 aromatic heterocycles. The number of nitrogens with zero attached hydrogens (tertiary/aromatic N) is 1. The second-order valence-electron chi connectivity index (χ2n) is 4.40. The standard InChI is InChI=1S/C13H13F2NO4S/c14-8-1-2-11(9(15)5-8)21-7-12(17)16-3-4-20-10(6-16)13(18)19/h1-2,5,10H,3-4,6-7H2,(H,18,19). The number of thioether (sulfide) groups is 1. The lowest BCUT2D eigenvalue weighted by molar-refractivity contribution is -0.158. The molecule has 8 heteroatoms. The van der Waals surface area contributed by atoms with Gasteiger partial charge in [0.05, 0.1) is 18.9 Å². The Hall–Kier alpha value is -1.67. The van der Waals surface area contributed by atoms with Crippen molar-refractivity contribution < 1.29 is 28.2 Å². The van der Waals surface area contributed by atoms with Crippen molar-refractivity contribution >= 4 is 23.6 Å². The van der Waals surface area contributed by atoms with Gasteiger partial charge in [-0.1, -0.05) is 0 Å². The largest absolute Gasteiger partial charge is 0.479 e. The van der Waals surface area contributed by atoms with Gasteiger partial charge >= 0.3 is 5.97 Å². The van der Waals surface area contributed by atoms with E-state index in [1.807, 2.05) is 0 Å². The van der Waals surface area contributed by atoms with Gasteiger partial charge in [-0.25, -0.2) is 13.6 Å². The van der Waals surface area contributed by atoms with Gasteiger partial charge in [-0.15, -0.1) is 11.8 Å². The fourth-order valence-corrected chi connectivity index (χ4v) is 2.67. The Labute approximate surface area is 123 Å². The first-order chi connectivity index (χ1) is 9.97. The summed E-state index contributed by atoms with van der Waals surface area (Å²) in [4.78, 5) is 24.3. The van der Waals surface area contributed by atoms with E-state index in [4.69, 9.17) is 9.84 Å². The number of hydrogen-bond donors (Lipinski definition) is 1. The summed E-state index contributed by atoms with van der Waals surface area (Å²) in [5.74, 6) is -2.88. The Morgan fingerprint density at radius 2 is 2.19 bits per heavy atom. The predicted molar refractivity (Wildman–Crippen MR) is 71.0 cm³/mol. The van der Waals surface area contributed by atoms with E-state index < -0.39 is 23.7 Å². The summed E-state index contributed by atoms with van der Waals surface area (Å²) in [5, 5.41) is 8.85. The molecule has 1 fully saturated rings. The van der Waals surface area contributed by atoms with Gasteiger partial charge in [0.1, 0.15) is 11.6 Å². The Kier molecular flexibility index (Phi) is 5.13. The zero-order chi connectivity index (χ0) is 15.4. The number of benzene rings is 1. The first kappa shape index (κ1) is 15.7. The molecule has 0 saturated carbocycles. The number of carbonyl (C=O) groups excluding carboxylic acids is 1. The van der Waals surface area contributed by atoms with Crippen LogP contribution in [0.5, 0.6) is 0 Å². The first-order valence-corrected chi connectivity index (χ1v) is 7.16. The van der Waals surface area contributed by atoms with Crippen molar-refractivity contribution in [1.29, 1.82) is 0 Å². The van der Waals surface area contributed by atoms with E-state index in [1.165, 1.54) is 11.0 Å². The monoisotopic (exact) mass is 317 g/mol. The highest BCUT2D eigenvalue weighted by molar-refractivity contribution is 8.00. The average molecular weight is 317 g/mol. The fraction of sp³-hybridized carbons (Fsp3) is 0.385. The quantitative estimate of drug-likeness (QED) is 0.850. The van der Waals surface area contributed by atoms with Crippen LogP contribution in [0.2, 0.25) is 0 Å². The van der Waals surface area contributed by atoms with Crippen LogP contribution in [0.3, 0.4) is 0 Å². The van der Waals surface area contributed by atoms with Gasteiger partial charge in [-0.05, 0) is 12.1 Å². The smallest absolute Gasteiger partial charge is 0.334 e. The van der Waals surface area contributed by atoms with Crippen LogP contribution >= 0.6 is 11.8 Å². The molecule has 5 nitrogen and oxygen atoms in total. The summed E-state index contributed by atoms with van der Waals surface area (Å²) in [7, 11) is 0. The SMILES string of the molecule is O=C(O)C1CN(C(=O)CSc2ccc(F)cc2F)CCO1. The maximum atomic E-state index is 13.4. The van der Waals surface area contributed by atoms with Crippen LogP contribution in [0, 0.1) is 11.6 Å². The molecule has 1 N–H and O–H groups in total. The summed E-state index contributed by atoms with van der Waals surface area (Å²) in [6.45, 7) is 0.425. The lowest BCUT2D eigenvalue weighted by Gasteiger charge is -2.30. The molecule has 1 aromatic rings. The molecule has 0 spiro atoms. The topological polar surface area (TPSA) is 66.8 Å². The van der Waals surface area contributed by atoms with Gasteiger partial charge in [0, 0.05) is 17.5 Å². The number of halogens is 2. The number of ether oxygens (including phenoxy) is 1. The minimum atomic E-state index is -1.12. The molecule has 0 aliphatic carbocycles. The van der Waals surface area contributed by atoms with E-state index in [0.717, 1.165) is 23.9 Å². The molecule has 0 bridgehead atoms. The van der Waals surface area contributed by atoms with E-state index in [2.05, 4.69) is 0 Å². The van der Waals surface area contributed by atoms with Crippen LogP contribution in [-0.4, -0.2) is 53.4 Å².